The van der Waals surface area contributed by atoms with Crippen LogP contribution in [0.3, 0.4) is 0 Å². The lowest BCUT2D eigenvalue weighted by Gasteiger charge is -2.30. The average Bonchev–Trinajstić information content (AvgIpc) is 2.64. The molecule has 0 heterocycles. The Kier molecular flexibility index (Phi) is 5.19. The molecule has 0 aliphatic heterocycles. The van der Waals surface area contributed by atoms with Crippen LogP contribution in [0.25, 0.3) is 0 Å². The number of carbonyl (C=O) groups excluding carboxylic acids is 1. The van der Waals surface area contributed by atoms with E-state index in [0.29, 0.717) is 5.92 Å². The number of hydrogen-bond donors (Lipinski definition) is 0. The molecule has 0 unspecified atom stereocenters. The molecule has 0 N–H and O–H groups in total. The fourth-order valence-electron chi connectivity index (χ4n) is 3.55. The molecule has 3 rings (SSSR count). The van der Waals surface area contributed by atoms with E-state index in [1.807, 2.05) is 0 Å². The predicted molar refractivity (Wildman–Crippen MR) is 94.0 cm³/mol. The summed E-state index contributed by atoms with van der Waals surface area (Å²) in [6, 6.07) is 6.56. The minimum absolute atomic E-state index is 0.0502. The van der Waals surface area contributed by atoms with E-state index in [-0.39, 0.29) is 5.56 Å². The van der Waals surface area contributed by atoms with Crippen molar-refractivity contribution in [1.82, 2.24) is 0 Å². The van der Waals surface area contributed by atoms with Crippen LogP contribution in [0, 0.1) is 5.92 Å². The van der Waals surface area contributed by atoms with Gasteiger partial charge in [-0.15, -0.1) is 0 Å². The van der Waals surface area contributed by atoms with Crippen LogP contribution < -0.4 is 0 Å². The van der Waals surface area contributed by atoms with Crippen molar-refractivity contribution < 1.29 is 27.1 Å². The van der Waals surface area contributed by atoms with Crippen LogP contribution in [-0.2, 0) is 4.74 Å². The Morgan fingerprint density at radius 3 is 2.15 bits per heavy atom. The average molecular weight is 382 g/mol. The summed E-state index contributed by atoms with van der Waals surface area (Å²) in [5, 5.41) is 0. The summed E-state index contributed by atoms with van der Waals surface area (Å²) in [7, 11) is 0. The molecule has 0 atom stereocenters. The number of esters is 1. The summed E-state index contributed by atoms with van der Waals surface area (Å²) in [4.78, 5) is 12.2. The minimum Gasteiger partial charge on any atom is -0.421 e. The van der Waals surface area contributed by atoms with Gasteiger partial charge >= 0.3 is 17.8 Å². The Bertz CT molecular complexity index is 770. The van der Waals surface area contributed by atoms with Crippen LogP contribution in [0.1, 0.15) is 61.4 Å². The fraction of sp³-hybridized carbons (Fsp3) is 0.476. The first-order chi connectivity index (χ1) is 12.6. The summed E-state index contributed by atoms with van der Waals surface area (Å²) in [5.41, 5.74) is 0.360. The van der Waals surface area contributed by atoms with Gasteiger partial charge < -0.3 is 4.74 Å². The van der Waals surface area contributed by atoms with E-state index in [0.717, 1.165) is 56.2 Å². The number of carbonyl (C=O) groups is 1. The van der Waals surface area contributed by atoms with Crippen molar-refractivity contribution in [2.45, 2.75) is 57.3 Å². The van der Waals surface area contributed by atoms with E-state index >= 15 is 0 Å². The number of benzene rings is 1. The van der Waals surface area contributed by atoms with Crippen LogP contribution in [-0.4, -0.2) is 17.8 Å². The van der Waals surface area contributed by atoms with Gasteiger partial charge in [0.25, 0.3) is 0 Å². The van der Waals surface area contributed by atoms with E-state index in [2.05, 4.69) is 11.7 Å². The molecular weight excluding hydrogens is 360 g/mol. The highest BCUT2D eigenvalue weighted by Gasteiger charge is 2.62. The second-order valence-electron chi connectivity index (χ2n) is 7.50. The predicted octanol–water partition coefficient (Wildman–Crippen LogP) is 6.25. The van der Waals surface area contributed by atoms with E-state index < -0.39 is 29.1 Å². The number of rotatable bonds is 3. The van der Waals surface area contributed by atoms with E-state index in [4.69, 9.17) is 0 Å². The van der Waals surface area contributed by atoms with Crippen molar-refractivity contribution in [3.8, 4) is 0 Å². The molecule has 2 nitrogen and oxygen atoms in total. The van der Waals surface area contributed by atoms with Gasteiger partial charge in [0.1, 0.15) is 0 Å². The van der Waals surface area contributed by atoms with Crippen LogP contribution in [0.2, 0.25) is 0 Å². The minimum atomic E-state index is -4.57. The Morgan fingerprint density at radius 1 is 0.963 bits per heavy atom. The number of ether oxygens (including phenoxy) is 1. The molecule has 1 fully saturated rings. The van der Waals surface area contributed by atoms with Gasteiger partial charge in [0.2, 0.25) is 0 Å². The maximum atomic E-state index is 14.0. The van der Waals surface area contributed by atoms with Gasteiger partial charge in [0.05, 0.1) is 5.56 Å². The second-order valence-corrected chi connectivity index (χ2v) is 7.50. The molecule has 146 valence electrons. The smallest absolute Gasteiger partial charge is 0.370 e. The van der Waals surface area contributed by atoms with Crippen LogP contribution in [0.4, 0.5) is 17.6 Å². The van der Waals surface area contributed by atoms with Gasteiger partial charge in [-0.3, -0.25) is 0 Å². The monoisotopic (exact) mass is 382 g/mol. The number of hydrogen-bond acceptors (Lipinski definition) is 2. The lowest BCUT2D eigenvalue weighted by Crippen LogP contribution is -2.45. The molecule has 1 saturated carbocycles. The third-order valence-electron chi connectivity index (χ3n) is 5.52. The quantitative estimate of drug-likeness (QED) is 0.456. The molecule has 2 aliphatic carbocycles. The summed E-state index contributed by atoms with van der Waals surface area (Å²) in [6.45, 7) is 3.14. The number of allylic oxidation sites excluding steroid dienone is 4. The third-order valence-corrected chi connectivity index (χ3v) is 5.52. The molecule has 6 heteroatoms. The van der Waals surface area contributed by atoms with Gasteiger partial charge in [-0.1, -0.05) is 38.0 Å². The Labute approximate surface area is 155 Å². The van der Waals surface area contributed by atoms with Crippen LogP contribution in [0.5, 0.6) is 0 Å². The Balaban J connectivity index is 1.72. The van der Waals surface area contributed by atoms with E-state index in [1.165, 1.54) is 12.1 Å². The van der Waals surface area contributed by atoms with Crippen molar-refractivity contribution in [2.24, 2.45) is 5.92 Å². The molecule has 1 aromatic carbocycles. The zero-order valence-corrected chi connectivity index (χ0v) is 15.3. The molecule has 1 aromatic rings. The number of alkyl halides is 4. The molecule has 0 spiro atoms. The van der Waals surface area contributed by atoms with Gasteiger partial charge in [-0.05, 0) is 55.4 Å². The molecule has 27 heavy (non-hydrogen) atoms. The third kappa shape index (κ3) is 3.66. The summed E-state index contributed by atoms with van der Waals surface area (Å²) in [5.74, 6) is -10.2. The molecule has 0 aromatic heterocycles. The molecule has 2 aliphatic rings. The van der Waals surface area contributed by atoms with Crippen molar-refractivity contribution in [3.05, 3.63) is 58.9 Å². The zero-order chi connectivity index (χ0) is 19.8. The number of halogens is 4. The fourth-order valence-corrected chi connectivity index (χ4v) is 3.55. The van der Waals surface area contributed by atoms with E-state index in [9.17, 15) is 22.4 Å². The maximum Gasteiger partial charge on any atom is 0.370 e. The SMILES string of the molecule is CC1=CC=C(OC(=O)c2ccc(C3CCC(C)CC3)cc2)C(F)(F)C1(F)F. The Morgan fingerprint density at radius 2 is 1.56 bits per heavy atom. The standard InChI is InChI=1S/C21H22F4O2/c1-13-3-6-15(7-4-13)16-8-10-17(11-9-16)19(26)27-18-12-5-14(2)20(22,23)21(18,24)25/h5,8-13,15H,3-4,6-7H2,1-2H3. The second kappa shape index (κ2) is 7.13. The largest absolute Gasteiger partial charge is 0.421 e. The van der Waals surface area contributed by atoms with Gasteiger partial charge in [-0.2, -0.15) is 17.6 Å². The molecule has 0 amide bonds. The van der Waals surface area contributed by atoms with Crippen LogP contribution in [0.15, 0.2) is 47.7 Å². The normalized spacial score (nSPS) is 26.7. The maximum absolute atomic E-state index is 14.0. The van der Waals surface area contributed by atoms with Crippen molar-refractivity contribution in [1.29, 1.82) is 0 Å². The Hall–Kier alpha value is -2.11. The van der Waals surface area contributed by atoms with E-state index in [1.54, 1.807) is 12.1 Å². The molecule has 0 saturated heterocycles. The summed E-state index contributed by atoms with van der Waals surface area (Å²) < 4.78 is 60.0. The highest BCUT2D eigenvalue weighted by molar-refractivity contribution is 5.90. The topological polar surface area (TPSA) is 26.3 Å². The summed E-state index contributed by atoms with van der Waals surface area (Å²) in [6.07, 6.45) is 6.02. The molecular formula is C21H22F4O2. The summed E-state index contributed by atoms with van der Waals surface area (Å²) >= 11 is 0. The van der Waals surface area contributed by atoms with Gasteiger partial charge in [-0.25, -0.2) is 4.79 Å². The first kappa shape index (κ1) is 19.6. The zero-order valence-electron chi connectivity index (χ0n) is 15.3. The molecule has 0 radical (unpaired) electrons. The van der Waals surface area contributed by atoms with Gasteiger partial charge in [0, 0.05) is 5.57 Å². The molecule has 0 bridgehead atoms. The first-order valence-corrected chi connectivity index (χ1v) is 9.10. The van der Waals surface area contributed by atoms with Crippen molar-refractivity contribution in [2.75, 3.05) is 0 Å². The first-order valence-electron chi connectivity index (χ1n) is 9.10. The highest BCUT2D eigenvalue weighted by Crippen LogP contribution is 2.47. The lowest BCUT2D eigenvalue weighted by atomic mass is 9.79. The van der Waals surface area contributed by atoms with Crippen molar-refractivity contribution >= 4 is 5.97 Å². The van der Waals surface area contributed by atoms with Crippen LogP contribution >= 0.6 is 0 Å². The lowest BCUT2D eigenvalue weighted by molar-refractivity contribution is -0.180. The van der Waals surface area contributed by atoms with Crippen molar-refractivity contribution in [3.63, 3.8) is 0 Å². The highest BCUT2D eigenvalue weighted by atomic mass is 19.3. The van der Waals surface area contributed by atoms with Gasteiger partial charge in [0.15, 0.2) is 5.76 Å².